The summed E-state index contributed by atoms with van der Waals surface area (Å²) in [6.07, 6.45) is 13.5. The van der Waals surface area contributed by atoms with Gasteiger partial charge in [0, 0.05) is 39.0 Å². The number of rotatable bonds is 9. The molecule has 0 aromatic carbocycles. The predicted octanol–water partition coefficient (Wildman–Crippen LogP) is 1.07. The van der Waals surface area contributed by atoms with Crippen molar-refractivity contribution in [3.8, 4) is 0 Å². The molecule has 0 aliphatic heterocycles. The molecule has 6 nitrogen and oxygen atoms in total. The van der Waals surface area contributed by atoms with Crippen molar-refractivity contribution in [3.05, 3.63) is 47.1 Å². The second-order valence-corrected chi connectivity index (χ2v) is 6.77. The van der Waals surface area contributed by atoms with E-state index in [2.05, 4.69) is 22.8 Å². The minimum Gasteiger partial charge on any atom is -0.355 e. The van der Waals surface area contributed by atoms with Crippen LogP contribution >= 0.6 is 0 Å². The van der Waals surface area contributed by atoms with E-state index in [4.69, 9.17) is 11.5 Å². The molecule has 6 N–H and O–H groups in total. The Morgan fingerprint density at radius 2 is 1.69 bits per heavy atom. The van der Waals surface area contributed by atoms with Gasteiger partial charge in [0.15, 0.2) is 0 Å². The molecule has 0 aromatic heterocycles. The SMILES string of the molecule is NCC1=CCC(CNC(=O)CCC(=O)NCC2=CC=C(CN)CC2)C=C1. The van der Waals surface area contributed by atoms with Crippen LogP contribution in [0.1, 0.15) is 32.1 Å². The highest BCUT2D eigenvalue weighted by atomic mass is 16.2. The normalized spacial score (nSPS) is 19.3. The molecule has 0 heterocycles. The number of amides is 2. The van der Waals surface area contributed by atoms with Gasteiger partial charge in [0.25, 0.3) is 0 Å². The number of carbonyl (C=O) groups is 2. The Hall–Kier alpha value is -2.18. The van der Waals surface area contributed by atoms with E-state index in [1.807, 2.05) is 18.2 Å². The third-order valence-electron chi connectivity index (χ3n) is 4.74. The van der Waals surface area contributed by atoms with Gasteiger partial charge in [-0.3, -0.25) is 9.59 Å². The van der Waals surface area contributed by atoms with Gasteiger partial charge >= 0.3 is 0 Å². The van der Waals surface area contributed by atoms with Crippen LogP contribution in [-0.4, -0.2) is 38.0 Å². The maximum atomic E-state index is 11.9. The van der Waals surface area contributed by atoms with Gasteiger partial charge in [-0.15, -0.1) is 0 Å². The van der Waals surface area contributed by atoms with Crippen LogP contribution in [0.3, 0.4) is 0 Å². The van der Waals surface area contributed by atoms with Crippen LogP contribution < -0.4 is 22.1 Å². The molecule has 2 aliphatic carbocycles. The van der Waals surface area contributed by atoms with Crippen LogP contribution in [0.25, 0.3) is 0 Å². The molecule has 2 amide bonds. The zero-order chi connectivity index (χ0) is 18.8. The van der Waals surface area contributed by atoms with E-state index in [-0.39, 0.29) is 24.7 Å². The summed E-state index contributed by atoms with van der Waals surface area (Å²) in [5.41, 5.74) is 14.7. The third-order valence-corrected chi connectivity index (χ3v) is 4.74. The molecule has 0 saturated carbocycles. The minimum atomic E-state index is -0.0947. The number of hydrogen-bond donors (Lipinski definition) is 4. The first-order chi connectivity index (χ1) is 12.6. The summed E-state index contributed by atoms with van der Waals surface area (Å²) in [5, 5.41) is 5.77. The van der Waals surface area contributed by atoms with Crippen molar-refractivity contribution in [1.29, 1.82) is 0 Å². The molecule has 1 atom stereocenters. The maximum absolute atomic E-state index is 11.9. The fourth-order valence-corrected chi connectivity index (χ4v) is 2.91. The lowest BCUT2D eigenvalue weighted by atomic mass is 9.96. The molecule has 2 rings (SSSR count). The molecule has 0 radical (unpaired) electrons. The van der Waals surface area contributed by atoms with Crippen molar-refractivity contribution in [3.63, 3.8) is 0 Å². The zero-order valence-electron chi connectivity index (χ0n) is 15.3. The van der Waals surface area contributed by atoms with E-state index < -0.39 is 0 Å². The van der Waals surface area contributed by atoms with Crippen molar-refractivity contribution in [1.82, 2.24) is 10.6 Å². The van der Waals surface area contributed by atoms with Crippen molar-refractivity contribution >= 4 is 11.8 Å². The van der Waals surface area contributed by atoms with Crippen LogP contribution in [-0.2, 0) is 9.59 Å². The standard InChI is InChI=1S/C20H30N4O2/c21-11-15-1-5-17(6-2-15)13-23-19(25)9-10-20(26)24-14-18-7-3-16(12-22)4-8-18/h1-3,5,7,17H,4,6,8-14,21-22H2,(H,23,25)(H,24,26). The number of allylic oxidation sites excluding steroid dienone is 3. The van der Waals surface area contributed by atoms with Crippen molar-refractivity contribution in [2.75, 3.05) is 26.2 Å². The Kier molecular flexibility index (Phi) is 8.31. The quantitative estimate of drug-likeness (QED) is 0.494. The van der Waals surface area contributed by atoms with Gasteiger partial charge in [0.2, 0.25) is 11.8 Å². The van der Waals surface area contributed by atoms with Crippen molar-refractivity contribution < 1.29 is 9.59 Å². The van der Waals surface area contributed by atoms with Gasteiger partial charge in [0.05, 0.1) is 0 Å². The summed E-state index contributed by atoms with van der Waals surface area (Å²) in [6.45, 7) is 2.27. The second kappa shape index (κ2) is 10.7. The van der Waals surface area contributed by atoms with Crippen molar-refractivity contribution in [2.24, 2.45) is 17.4 Å². The molecule has 142 valence electrons. The molecule has 0 aromatic rings. The van der Waals surface area contributed by atoms with E-state index in [9.17, 15) is 9.59 Å². The number of nitrogens with two attached hydrogens (primary N) is 2. The summed E-state index contributed by atoms with van der Waals surface area (Å²) in [4.78, 5) is 23.8. The van der Waals surface area contributed by atoms with Gasteiger partial charge in [-0.05, 0) is 30.8 Å². The number of nitrogens with one attached hydrogen (secondary N) is 2. The molecule has 0 bridgehead atoms. The molecule has 0 fully saturated rings. The van der Waals surface area contributed by atoms with Gasteiger partial charge in [0.1, 0.15) is 0 Å². The topological polar surface area (TPSA) is 110 Å². The van der Waals surface area contributed by atoms with E-state index in [1.165, 1.54) is 11.1 Å². The summed E-state index contributed by atoms with van der Waals surface area (Å²) < 4.78 is 0. The van der Waals surface area contributed by atoms with Crippen LogP contribution in [0.5, 0.6) is 0 Å². The number of hydrogen-bond acceptors (Lipinski definition) is 4. The average molecular weight is 358 g/mol. The first kappa shape index (κ1) is 20.1. The molecular weight excluding hydrogens is 328 g/mol. The highest BCUT2D eigenvalue weighted by Crippen LogP contribution is 2.17. The molecule has 2 aliphatic rings. The van der Waals surface area contributed by atoms with E-state index in [1.54, 1.807) is 0 Å². The lowest BCUT2D eigenvalue weighted by Crippen LogP contribution is -2.31. The highest BCUT2D eigenvalue weighted by molar-refractivity contribution is 5.83. The molecular formula is C20H30N4O2. The molecule has 26 heavy (non-hydrogen) atoms. The Morgan fingerprint density at radius 3 is 2.27 bits per heavy atom. The van der Waals surface area contributed by atoms with Crippen LogP contribution in [0, 0.1) is 5.92 Å². The summed E-state index contributed by atoms with van der Waals surface area (Å²) in [6, 6.07) is 0. The molecule has 0 spiro atoms. The largest absolute Gasteiger partial charge is 0.355 e. The summed E-state index contributed by atoms with van der Waals surface area (Å²) in [5.74, 6) is 0.116. The van der Waals surface area contributed by atoms with E-state index in [0.29, 0.717) is 32.1 Å². The lowest BCUT2D eigenvalue weighted by molar-refractivity contribution is -0.126. The Bertz CT molecular complexity index is 632. The molecule has 6 heteroatoms. The Labute approximate surface area is 155 Å². The Balaban J connectivity index is 1.58. The lowest BCUT2D eigenvalue weighted by Gasteiger charge is -2.16. The van der Waals surface area contributed by atoms with E-state index >= 15 is 0 Å². The monoisotopic (exact) mass is 358 g/mol. The smallest absolute Gasteiger partial charge is 0.220 e. The predicted molar refractivity (Wildman–Crippen MR) is 104 cm³/mol. The van der Waals surface area contributed by atoms with Crippen LogP contribution in [0.2, 0.25) is 0 Å². The summed E-state index contributed by atoms with van der Waals surface area (Å²) >= 11 is 0. The maximum Gasteiger partial charge on any atom is 0.220 e. The average Bonchev–Trinajstić information content (AvgIpc) is 2.69. The van der Waals surface area contributed by atoms with Gasteiger partial charge in [-0.2, -0.15) is 0 Å². The third kappa shape index (κ3) is 6.98. The molecule has 0 saturated heterocycles. The summed E-state index contributed by atoms with van der Waals surface area (Å²) in [7, 11) is 0. The fourth-order valence-electron chi connectivity index (χ4n) is 2.91. The van der Waals surface area contributed by atoms with E-state index in [0.717, 1.165) is 24.8 Å². The van der Waals surface area contributed by atoms with Crippen molar-refractivity contribution in [2.45, 2.75) is 32.1 Å². The van der Waals surface area contributed by atoms with Crippen LogP contribution in [0.15, 0.2) is 47.1 Å². The van der Waals surface area contributed by atoms with Crippen LogP contribution in [0.4, 0.5) is 0 Å². The van der Waals surface area contributed by atoms with Gasteiger partial charge in [-0.1, -0.05) is 41.5 Å². The van der Waals surface area contributed by atoms with Gasteiger partial charge in [-0.25, -0.2) is 0 Å². The number of carbonyl (C=O) groups excluding carboxylic acids is 2. The minimum absolute atomic E-state index is 0.0884. The van der Waals surface area contributed by atoms with Gasteiger partial charge < -0.3 is 22.1 Å². The first-order valence-electron chi connectivity index (χ1n) is 9.29. The molecule has 1 unspecified atom stereocenters. The Morgan fingerprint density at radius 1 is 1.00 bits per heavy atom. The highest BCUT2D eigenvalue weighted by Gasteiger charge is 2.12. The fraction of sp³-hybridized carbons (Fsp3) is 0.500. The first-order valence-corrected chi connectivity index (χ1v) is 9.29. The zero-order valence-corrected chi connectivity index (χ0v) is 15.3. The second-order valence-electron chi connectivity index (χ2n) is 6.77.